The summed E-state index contributed by atoms with van der Waals surface area (Å²) in [6.45, 7) is 1.96. The van der Waals surface area contributed by atoms with Gasteiger partial charge in [-0.05, 0) is 42.0 Å². The van der Waals surface area contributed by atoms with Crippen molar-refractivity contribution >= 4 is 21.9 Å². The van der Waals surface area contributed by atoms with E-state index in [2.05, 4.69) is 48.7 Å². The van der Waals surface area contributed by atoms with Crippen LogP contribution in [0.4, 0.5) is 0 Å². The van der Waals surface area contributed by atoms with Gasteiger partial charge in [-0.1, -0.05) is 34.1 Å². The summed E-state index contributed by atoms with van der Waals surface area (Å²) >= 11 is 3.45. The quantitative estimate of drug-likeness (QED) is 0.456. The second kappa shape index (κ2) is 9.77. The molecule has 0 bridgehead atoms. The number of hydrogen-bond acceptors (Lipinski definition) is 3. The first-order valence-corrected chi connectivity index (χ1v) is 9.28. The maximum atomic E-state index is 5.37. The van der Waals surface area contributed by atoms with Crippen LogP contribution in [0.15, 0.2) is 80.9 Å². The minimum Gasteiger partial charge on any atom is -0.469 e. The first kappa shape index (κ1) is 18.2. The lowest BCUT2D eigenvalue weighted by molar-refractivity contribution is 0.506. The van der Waals surface area contributed by atoms with E-state index in [0.29, 0.717) is 13.1 Å². The van der Waals surface area contributed by atoms with Gasteiger partial charge >= 0.3 is 0 Å². The number of furan rings is 1. The molecule has 0 saturated heterocycles. The molecule has 0 spiro atoms. The third kappa shape index (κ3) is 6.04. The largest absolute Gasteiger partial charge is 0.469 e. The molecule has 0 aliphatic rings. The van der Waals surface area contributed by atoms with Crippen LogP contribution in [-0.4, -0.2) is 17.5 Å². The molecule has 2 aromatic heterocycles. The molecular formula is C20H21BrN4O. The van der Waals surface area contributed by atoms with Crippen LogP contribution < -0.4 is 10.6 Å². The van der Waals surface area contributed by atoms with Gasteiger partial charge in [-0.2, -0.15) is 0 Å². The molecule has 26 heavy (non-hydrogen) atoms. The smallest absolute Gasteiger partial charge is 0.191 e. The molecule has 2 heterocycles. The van der Waals surface area contributed by atoms with E-state index in [1.54, 1.807) is 12.5 Å². The van der Waals surface area contributed by atoms with Gasteiger partial charge in [0.15, 0.2) is 5.96 Å². The van der Waals surface area contributed by atoms with Crippen molar-refractivity contribution in [2.75, 3.05) is 6.54 Å². The maximum absolute atomic E-state index is 5.37. The summed E-state index contributed by atoms with van der Waals surface area (Å²) < 4.78 is 6.44. The Morgan fingerprint density at radius 3 is 2.65 bits per heavy atom. The lowest BCUT2D eigenvalue weighted by Gasteiger charge is -2.12. The topological polar surface area (TPSA) is 62.5 Å². The van der Waals surface area contributed by atoms with Crippen molar-refractivity contribution in [3.05, 3.63) is 88.5 Å². The highest BCUT2D eigenvalue weighted by molar-refractivity contribution is 9.10. The fraction of sp³-hybridized carbons (Fsp3) is 0.200. The van der Waals surface area contributed by atoms with Gasteiger partial charge in [0.2, 0.25) is 0 Å². The first-order valence-electron chi connectivity index (χ1n) is 8.48. The second-order valence-corrected chi connectivity index (χ2v) is 6.64. The average molecular weight is 413 g/mol. The lowest BCUT2D eigenvalue weighted by atomic mass is 10.2. The van der Waals surface area contributed by atoms with Crippen LogP contribution in [0.1, 0.15) is 17.0 Å². The molecule has 0 saturated carbocycles. The van der Waals surface area contributed by atoms with Crippen molar-refractivity contribution < 1.29 is 4.42 Å². The molecule has 1 aromatic carbocycles. The number of benzene rings is 1. The van der Waals surface area contributed by atoms with Crippen molar-refractivity contribution in [3.8, 4) is 0 Å². The van der Waals surface area contributed by atoms with Crippen molar-refractivity contribution in [1.29, 1.82) is 0 Å². The zero-order valence-electron chi connectivity index (χ0n) is 14.4. The van der Waals surface area contributed by atoms with E-state index >= 15 is 0 Å². The maximum Gasteiger partial charge on any atom is 0.191 e. The fourth-order valence-electron chi connectivity index (χ4n) is 2.37. The van der Waals surface area contributed by atoms with Crippen molar-refractivity contribution in [3.63, 3.8) is 0 Å². The second-order valence-electron chi connectivity index (χ2n) is 5.72. The number of pyridine rings is 1. The average Bonchev–Trinajstić information content (AvgIpc) is 3.19. The number of hydrogen-bond donors (Lipinski definition) is 2. The van der Waals surface area contributed by atoms with Gasteiger partial charge in [0.05, 0.1) is 25.0 Å². The van der Waals surface area contributed by atoms with Gasteiger partial charge in [-0.3, -0.25) is 4.98 Å². The molecule has 0 fully saturated rings. The van der Waals surface area contributed by atoms with Crippen molar-refractivity contribution in [2.24, 2.45) is 4.99 Å². The molecule has 0 aliphatic heterocycles. The van der Waals surface area contributed by atoms with Crippen LogP contribution in [-0.2, 0) is 19.5 Å². The van der Waals surface area contributed by atoms with Crippen molar-refractivity contribution in [1.82, 2.24) is 15.6 Å². The van der Waals surface area contributed by atoms with E-state index in [-0.39, 0.29) is 0 Å². The third-order valence-corrected chi connectivity index (χ3v) is 4.27. The number of aliphatic imine (C=N–C) groups is 1. The Morgan fingerprint density at radius 2 is 1.92 bits per heavy atom. The molecule has 0 atom stereocenters. The Labute approximate surface area is 161 Å². The molecule has 3 rings (SSSR count). The van der Waals surface area contributed by atoms with E-state index in [9.17, 15) is 0 Å². The lowest BCUT2D eigenvalue weighted by Crippen LogP contribution is -2.38. The highest BCUT2D eigenvalue weighted by Gasteiger charge is 2.02. The van der Waals surface area contributed by atoms with E-state index in [0.717, 1.165) is 40.4 Å². The number of rotatable bonds is 7. The van der Waals surface area contributed by atoms with Crippen LogP contribution in [0, 0.1) is 0 Å². The van der Waals surface area contributed by atoms with E-state index in [4.69, 9.17) is 4.42 Å². The predicted molar refractivity (Wildman–Crippen MR) is 107 cm³/mol. The summed E-state index contributed by atoms with van der Waals surface area (Å²) in [5.41, 5.74) is 2.12. The van der Waals surface area contributed by atoms with Gasteiger partial charge in [0.1, 0.15) is 5.76 Å². The molecule has 2 N–H and O–H groups in total. The van der Waals surface area contributed by atoms with Gasteiger partial charge in [0, 0.05) is 23.6 Å². The number of halogens is 1. The zero-order valence-corrected chi connectivity index (χ0v) is 15.9. The molecule has 134 valence electrons. The predicted octanol–water partition coefficient (Wildman–Crippen LogP) is 3.92. The molecule has 0 radical (unpaired) electrons. The minimum atomic E-state index is 0.603. The Morgan fingerprint density at radius 1 is 1.04 bits per heavy atom. The van der Waals surface area contributed by atoms with Crippen LogP contribution in [0.3, 0.4) is 0 Å². The van der Waals surface area contributed by atoms with Crippen LogP contribution in [0.25, 0.3) is 0 Å². The first-order chi connectivity index (χ1) is 12.8. The molecule has 0 unspecified atom stereocenters. The minimum absolute atomic E-state index is 0.603. The van der Waals surface area contributed by atoms with Gasteiger partial charge in [0.25, 0.3) is 0 Å². The van der Waals surface area contributed by atoms with E-state index in [1.165, 1.54) is 0 Å². The monoisotopic (exact) mass is 412 g/mol. The summed E-state index contributed by atoms with van der Waals surface area (Å²) in [7, 11) is 0. The number of nitrogens with one attached hydrogen (secondary N) is 2. The highest BCUT2D eigenvalue weighted by Crippen LogP contribution is 2.11. The molecule has 0 amide bonds. The highest BCUT2D eigenvalue weighted by atomic mass is 79.9. The van der Waals surface area contributed by atoms with Gasteiger partial charge in [-0.25, -0.2) is 4.99 Å². The Balaban J connectivity index is 1.59. The van der Waals surface area contributed by atoms with Gasteiger partial charge in [-0.15, -0.1) is 0 Å². The molecule has 0 aliphatic carbocycles. The molecule has 6 heteroatoms. The third-order valence-electron chi connectivity index (χ3n) is 3.74. The Kier molecular flexibility index (Phi) is 6.84. The summed E-state index contributed by atoms with van der Waals surface area (Å²) in [6, 6.07) is 17.9. The summed E-state index contributed by atoms with van der Waals surface area (Å²) in [6.07, 6.45) is 4.28. The van der Waals surface area contributed by atoms with Crippen LogP contribution in [0.2, 0.25) is 0 Å². The van der Waals surface area contributed by atoms with Gasteiger partial charge < -0.3 is 15.1 Å². The van der Waals surface area contributed by atoms with E-state index < -0.39 is 0 Å². The SMILES string of the molecule is Brc1ccc(CN=C(NCCc2ccco2)NCc2ccccn2)cc1. The van der Waals surface area contributed by atoms with E-state index in [1.807, 2.05) is 42.5 Å². The van der Waals surface area contributed by atoms with Crippen LogP contribution in [0.5, 0.6) is 0 Å². The van der Waals surface area contributed by atoms with Crippen molar-refractivity contribution in [2.45, 2.75) is 19.5 Å². The molecule has 3 aromatic rings. The fourth-order valence-corrected chi connectivity index (χ4v) is 2.63. The summed E-state index contributed by atoms with van der Waals surface area (Å²) in [4.78, 5) is 9.01. The number of aromatic nitrogens is 1. The van der Waals surface area contributed by atoms with Crippen LogP contribution >= 0.6 is 15.9 Å². The summed E-state index contributed by atoms with van der Waals surface area (Å²) in [5.74, 6) is 1.71. The Hall–Kier alpha value is -2.60. The molecular weight excluding hydrogens is 392 g/mol. The zero-order chi connectivity index (χ0) is 18.0. The number of nitrogens with zero attached hydrogens (tertiary/aromatic N) is 2. The molecule has 5 nitrogen and oxygen atoms in total. The summed E-state index contributed by atoms with van der Waals surface area (Å²) in [5, 5.41) is 6.69. The normalized spacial score (nSPS) is 11.3. The Bertz CT molecular complexity index is 802. The number of guanidine groups is 1. The standard InChI is InChI=1S/C20H21BrN4O/c21-17-8-6-16(7-9-17)14-24-20(23-12-10-19-5-3-13-26-19)25-15-18-4-1-2-11-22-18/h1-9,11,13H,10,12,14-15H2,(H2,23,24,25).